The monoisotopic (exact) mass is 294 g/mol. The Bertz CT molecular complexity index is 511. The van der Waals surface area contributed by atoms with Gasteiger partial charge in [-0.05, 0) is 31.5 Å². The highest BCUT2D eigenvalue weighted by atomic mass is 16.5. The average molecular weight is 294 g/mol. The van der Waals surface area contributed by atoms with Crippen LogP contribution in [0.15, 0.2) is 24.3 Å². The minimum atomic E-state index is -0.702. The number of carbonyl (C=O) groups is 3. The van der Waals surface area contributed by atoms with E-state index in [9.17, 15) is 14.4 Å². The van der Waals surface area contributed by atoms with Gasteiger partial charge in [-0.15, -0.1) is 0 Å². The number of nitrogens with one attached hydrogen (secondary N) is 2. The van der Waals surface area contributed by atoms with Crippen molar-refractivity contribution in [3.8, 4) is 5.75 Å². The fraction of sp³-hybridized carbons (Fsp3) is 0.357. The molecule has 7 heteroatoms. The molecule has 0 atom stereocenters. The van der Waals surface area contributed by atoms with Crippen LogP contribution >= 0.6 is 0 Å². The lowest BCUT2D eigenvalue weighted by molar-refractivity contribution is -0.147. The molecule has 0 aliphatic rings. The number of urea groups is 1. The maximum Gasteiger partial charge on any atom is 0.321 e. The van der Waals surface area contributed by atoms with E-state index in [-0.39, 0.29) is 18.2 Å². The molecule has 3 N–H and O–H groups in total. The van der Waals surface area contributed by atoms with Crippen LogP contribution in [0, 0.1) is 0 Å². The summed E-state index contributed by atoms with van der Waals surface area (Å²) in [7, 11) is 0. The quantitative estimate of drug-likeness (QED) is 0.694. The van der Waals surface area contributed by atoms with Gasteiger partial charge in [-0.1, -0.05) is 12.1 Å². The van der Waals surface area contributed by atoms with Gasteiger partial charge in [0.15, 0.2) is 6.61 Å². The lowest BCUT2D eigenvalue weighted by Crippen LogP contribution is -2.44. The van der Waals surface area contributed by atoms with Crippen LogP contribution in [0.4, 0.5) is 4.79 Å². The van der Waals surface area contributed by atoms with Crippen molar-refractivity contribution in [3.63, 3.8) is 0 Å². The van der Waals surface area contributed by atoms with Crippen molar-refractivity contribution < 1.29 is 24.2 Å². The van der Waals surface area contributed by atoms with Crippen LogP contribution in [0.3, 0.4) is 0 Å². The summed E-state index contributed by atoms with van der Waals surface area (Å²) in [5.41, 5.74) is 0.649. The Balaban J connectivity index is 2.31. The van der Waals surface area contributed by atoms with Gasteiger partial charge < -0.3 is 15.2 Å². The maximum atomic E-state index is 11.5. The topological polar surface area (TPSA) is 105 Å². The molecule has 0 spiro atoms. The van der Waals surface area contributed by atoms with Crippen molar-refractivity contribution in [1.82, 2.24) is 10.6 Å². The van der Waals surface area contributed by atoms with Gasteiger partial charge >= 0.3 is 12.0 Å². The van der Waals surface area contributed by atoms with E-state index in [1.165, 1.54) is 12.1 Å². The summed E-state index contributed by atoms with van der Waals surface area (Å²) in [6, 6.07) is 5.32. The lowest BCUT2D eigenvalue weighted by atomic mass is 10.1. The number of imide groups is 1. The second kappa shape index (κ2) is 7.88. The first kappa shape index (κ1) is 16.5. The second-order valence-electron chi connectivity index (χ2n) is 4.68. The van der Waals surface area contributed by atoms with Crippen LogP contribution in [0.1, 0.15) is 19.4 Å². The molecule has 21 heavy (non-hydrogen) atoms. The molecule has 0 saturated heterocycles. The number of rotatable bonds is 5. The standard InChI is InChI=1S/C14H18N2O5/c1-9(2)15-14(20)16-12(18)8-21-13(19)7-10-3-5-11(17)6-4-10/h3-6,9,17H,7-8H2,1-2H3,(H2,15,16,18,20). The highest BCUT2D eigenvalue weighted by molar-refractivity contribution is 5.95. The highest BCUT2D eigenvalue weighted by Crippen LogP contribution is 2.10. The molecule has 0 heterocycles. The number of carbonyl (C=O) groups excluding carboxylic acids is 3. The first-order valence-electron chi connectivity index (χ1n) is 6.40. The number of hydrogen-bond donors (Lipinski definition) is 3. The van der Waals surface area contributed by atoms with Gasteiger partial charge in [-0.25, -0.2) is 4.79 Å². The van der Waals surface area contributed by atoms with E-state index in [2.05, 4.69) is 5.32 Å². The summed E-state index contributed by atoms with van der Waals surface area (Å²) in [5.74, 6) is -1.20. The molecule has 0 aromatic heterocycles. The van der Waals surface area contributed by atoms with E-state index in [0.29, 0.717) is 5.56 Å². The Morgan fingerprint density at radius 2 is 1.81 bits per heavy atom. The van der Waals surface area contributed by atoms with Crippen molar-refractivity contribution in [2.75, 3.05) is 6.61 Å². The van der Waals surface area contributed by atoms with Gasteiger partial charge in [0.05, 0.1) is 6.42 Å². The van der Waals surface area contributed by atoms with Crippen LogP contribution < -0.4 is 10.6 Å². The van der Waals surface area contributed by atoms with Gasteiger partial charge in [0.25, 0.3) is 5.91 Å². The van der Waals surface area contributed by atoms with Crippen molar-refractivity contribution in [3.05, 3.63) is 29.8 Å². The first-order chi connectivity index (χ1) is 9.86. The van der Waals surface area contributed by atoms with Gasteiger partial charge in [0.2, 0.25) is 0 Å². The Kier molecular flexibility index (Phi) is 6.19. The lowest BCUT2D eigenvalue weighted by Gasteiger charge is -2.09. The molecule has 1 rings (SSSR count). The number of ether oxygens (including phenoxy) is 1. The molecule has 0 aliphatic heterocycles. The molecule has 0 unspecified atom stereocenters. The Morgan fingerprint density at radius 1 is 1.19 bits per heavy atom. The van der Waals surface area contributed by atoms with Crippen LogP contribution in [-0.4, -0.2) is 35.7 Å². The molecule has 0 saturated carbocycles. The molecule has 1 aromatic carbocycles. The molecular weight excluding hydrogens is 276 g/mol. The van der Waals surface area contributed by atoms with Crippen molar-refractivity contribution in [2.45, 2.75) is 26.3 Å². The maximum absolute atomic E-state index is 11.5. The molecule has 7 nitrogen and oxygen atoms in total. The van der Waals surface area contributed by atoms with Gasteiger partial charge in [0, 0.05) is 6.04 Å². The van der Waals surface area contributed by atoms with Crippen molar-refractivity contribution in [2.24, 2.45) is 0 Å². The van der Waals surface area contributed by atoms with E-state index in [4.69, 9.17) is 9.84 Å². The van der Waals surface area contributed by atoms with Crippen molar-refractivity contribution in [1.29, 1.82) is 0 Å². The zero-order chi connectivity index (χ0) is 15.8. The fourth-order valence-corrected chi connectivity index (χ4v) is 1.44. The molecule has 114 valence electrons. The third-order valence-corrected chi connectivity index (χ3v) is 2.32. The summed E-state index contributed by atoms with van der Waals surface area (Å²) in [6.07, 6.45) is -0.0221. The number of phenols is 1. The molecule has 3 amide bonds. The number of esters is 1. The molecule has 0 radical (unpaired) electrons. The third kappa shape index (κ3) is 6.95. The zero-order valence-corrected chi connectivity index (χ0v) is 11.9. The first-order valence-corrected chi connectivity index (χ1v) is 6.40. The summed E-state index contributed by atoms with van der Waals surface area (Å²) >= 11 is 0. The molecule has 0 fully saturated rings. The Labute approximate surface area is 122 Å². The number of amides is 3. The smallest absolute Gasteiger partial charge is 0.321 e. The van der Waals surface area contributed by atoms with E-state index in [1.54, 1.807) is 26.0 Å². The third-order valence-electron chi connectivity index (χ3n) is 2.32. The zero-order valence-electron chi connectivity index (χ0n) is 11.9. The average Bonchev–Trinajstić information content (AvgIpc) is 2.38. The summed E-state index contributed by atoms with van der Waals surface area (Å²) in [6.45, 7) is 2.98. The predicted molar refractivity (Wildman–Crippen MR) is 74.6 cm³/mol. The predicted octanol–water partition coefficient (Wildman–Crippen LogP) is 0.712. The van der Waals surface area contributed by atoms with E-state index in [1.807, 2.05) is 5.32 Å². The normalized spacial score (nSPS) is 10.0. The summed E-state index contributed by atoms with van der Waals surface area (Å²) < 4.78 is 4.75. The SMILES string of the molecule is CC(C)NC(=O)NC(=O)COC(=O)Cc1ccc(O)cc1. The van der Waals surface area contributed by atoms with Crippen LogP contribution in [0.2, 0.25) is 0 Å². The largest absolute Gasteiger partial charge is 0.508 e. The number of aromatic hydroxyl groups is 1. The fourth-order valence-electron chi connectivity index (χ4n) is 1.44. The molecule has 0 aliphatic carbocycles. The highest BCUT2D eigenvalue weighted by Gasteiger charge is 2.11. The van der Waals surface area contributed by atoms with Crippen LogP contribution in [0.5, 0.6) is 5.75 Å². The summed E-state index contributed by atoms with van der Waals surface area (Å²) in [4.78, 5) is 34.1. The Morgan fingerprint density at radius 3 is 2.38 bits per heavy atom. The Hall–Kier alpha value is -2.57. The minimum Gasteiger partial charge on any atom is -0.508 e. The van der Waals surface area contributed by atoms with E-state index < -0.39 is 24.5 Å². The second-order valence-corrected chi connectivity index (χ2v) is 4.68. The van der Waals surface area contributed by atoms with Crippen LogP contribution in [0.25, 0.3) is 0 Å². The minimum absolute atomic E-state index is 0.0221. The van der Waals surface area contributed by atoms with Gasteiger partial charge in [-0.2, -0.15) is 0 Å². The van der Waals surface area contributed by atoms with E-state index >= 15 is 0 Å². The van der Waals surface area contributed by atoms with E-state index in [0.717, 1.165) is 0 Å². The molecule has 1 aromatic rings. The summed E-state index contributed by atoms with van der Waals surface area (Å²) in [5, 5.41) is 13.6. The van der Waals surface area contributed by atoms with Crippen LogP contribution in [-0.2, 0) is 20.7 Å². The molecule has 0 bridgehead atoms. The number of benzene rings is 1. The molecular formula is C14H18N2O5. The van der Waals surface area contributed by atoms with Crippen molar-refractivity contribution >= 4 is 17.9 Å². The number of hydrogen-bond acceptors (Lipinski definition) is 5. The number of phenolic OH excluding ortho intramolecular Hbond substituents is 1. The van der Waals surface area contributed by atoms with Gasteiger partial charge in [-0.3, -0.25) is 14.9 Å². The van der Waals surface area contributed by atoms with Gasteiger partial charge in [0.1, 0.15) is 5.75 Å².